The molecule has 2 aromatic heterocycles. The maximum Gasteiger partial charge on any atom is 0.252 e. The van der Waals surface area contributed by atoms with Crippen LogP contribution in [0.5, 0.6) is 0 Å². The van der Waals surface area contributed by atoms with Crippen molar-refractivity contribution in [3.05, 3.63) is 47.1 Å². The molecule has 3 rings (SSSR count). The van der Waals surface area contributed by atoms with E-state index in [1.54, 1.807) is 0 Å². The Hall–Kier alpha value is -2.25. The summed E-state index contributed by atoms with van der Waals surface area (Å²) in [7, 11) is 0. The van der Waals surface area contributed by atoms with Gasteiger partial charge in [-0.25, -0.2) is 9.97 Å². The highest BCUT2D eigenvalue weighted by Gasteiger charge is 2.19. The number of amides is 1. The predicted molar refractivity (Wildman–Crippen MR) is 107 cm³/mol. The van der Waals surface area contributed by atoms with E-state index in [9.17, 15) is 4.79 Å². The number of carbonyl (C=O) groups excluding carboxylic acids is 1. The van der Waals surface area contributed by atoms with E-state index >= 15 is 0 Å². The summed E-state index contributed by atoms with van der Waals surface area (Å²) in [6.07, 6.45) is 4.61. The van der Waals surface area contributed by atoms with Crippen LogP contribution in [0.15, 0.2) is 41.4 Å². The molecule has 1 N–H and O–H groups in total. The number of nitrogens with zero attached hydrogens (tertiary/aromatic N) is 4. The zero-order valence-electron chi connectivity index (χ0n) is 15.3. The Balaban J connectivity index is 1.49. The number of nitrogens with one attached hydrogen (secondary N) is 1. The molecule has 0 atom stereocenters. The van der Waals surface area contributed by atoms with Gasteiger partial charge in [0.1, 0.15) is 5.82 Å². The molecular weight excluding hydrogens is 346 g/mol. The molecule has 0 aromatic carbocycles. The lowest BCUT2D eigenvalue weighted by molar-refractivity contribution is -0.112. The molecule has 0 aliphatic carbocycles. The van der Waals surface area contributed by atoms with Crippen LogP contribution in [0.2, 0.25) is 0 Å². The predicted octanol–water partition coefficient (Wildman–Crippen LogP) is 3.16. The summed E-state index contributed by atoms with van der Waals surface area (Å²) in [6, 6.07) is 6.02. The van der Waals surface area contributed by atoms with Crippen molar-refractivity contribution in [3.63, 3.8) is 0 Å². The maximum atomic E-state index is 12.0. The number of hydrogen-bond donors (Lipinski definition) is 1. The topological polar surface area (TPSA) is 61.4 Å². The second kappa shape index (κ2) is 8.91. The highest BCUT2D eigenvalue weighted by Crippen LogP contribution is 2.19. The van der Waals surface area contributed by atoms with Crippen LogP contribution in [0, 0.1) is 0 Å². The molecule has 6 nitrogen and oxygen atoms in total. The van der Waals surface area contributed by atoms with Gasteiger partial charge in [-0.15, -0.1) is 11.3 Å². The zero-order chi connectivity index (χ0) is 18.4. The average Bonchev–Trinajstić information content (AvgIpc) is 3.10. The van der Waals surface area contributed by atoms with Crippen LogP contribution in [-0.2, 0) is 11.3 Å². The molecule has 2 aromatic rings. The SMILES string of the molecule is CC/C=C(/C)C(=O)Nc1nc(CN2CCN(c3ccccn3)CC2)cs1. The van der Waals surface area contributed by atoms with Crippen LogP contribution in [0.25, 0.3) is 0 Å². The summed E-state index contributed by atoms with van der Waals surface area (Å²) in [5, 5.41) is 5.57. The summed E-state index contributed by atoms with van der Waals surface area (Å²) in [6.45, 7) is 8.55. The second-order valence-electron chi connectivity index (χ2n) is 6.34. The molecule has 0 saturated carbocycles. The minimum atomic E-state index is -0.0725. The Morgan fingerprint density at radius 3 is 2.81 bits per heavy atom. The van der Waals surface area contributed by atoms with Gasteiger partial charge in [0.05, 0.1) is 5.69 Å². The number of allylic oxidation sites excluding steroid dienone is 1. The van der Waals surface area contributed by atoms with E-state index in [2.05, 4.69) is 31.2 Å². The van der Waals surface area contributed by atoms with Gasteiger partial charge in [-0.05, 0) is 25.5 Å². The van der Waals surface area contributed by atoms with Gasteiger partial charge >= 0.3 is 0 Å². The van der Waals surface area contributed by atoms with E-state index in [-0.39, 0.29) is 5.91 Å². The van der Waals surface area contributed by atoms with Gasteiger partial charge in [0.2, 0.25) is 0 Å². The number of pyridine rings is 1. The lowest BCUT2D eigenvalue weighted by atomic mass is 10.2. The second-order valence-corrected chi connectivity index (χ2v) is 7.20. The largest absolute Gasteiger partial charge is 0.354 e. The Bertz CT molecular complexity index is 750. The number of aromatic nitrogens is 2. The molecule has 1 saturated heterocycles. The molecule has 26 heavy (non-hydrogen) atoms. The molecule has 1 fully saturated rings. The van der Waals surface area contributed by atoms with E-state index in [4.69, 9.17) is 0 Å². The molecule has 1 amide bonds. The van der Waals surface area contributed by atoms with E-state index in [1.807, 2.05) is 43.6 Å². The average molecular weight is 372 g/mol. The van der Waals surface area contributed by atoms with Crippen molar-refractivity contribution in [1.82, 2.24) is 14.9 Å². The van der Waals surface area contributed by atoms with E-state index < -0.39 is 0 Å². The van der Waals surface area contributed by atoms with Crippen molar-refractivity contribution in [3.8, 4) is 0 Å². The smallest absolute Gasteiger partial charge is 0.252 e. The first-order valence-electron chi connectivity index (χ1n) is 8.96. The first-order chi connectivity index (χ1) is 12.7. The fourth-order valence-corrected chi connectivity index (χ4v) is 3.63. The van der Waals surface area contributed by atoms with Gasteiger partial charge in [-0.2, -0.15) is 0 Å². The Morgan fingerprint density at radius 1 is 1.31 bits per heavy atom. The van der Waals surface area contributed by atoms with Crippen LogP contribution < -0.4 is 10.2 Å². The number of carbonyl (C=O) groups is 1. The highest BCUT2D eigenvalue weighted by atomic mass is 32.1. The highest BCUT2D eigenvalue weighted by molar-refractivity contribution is 7.13. The summed E-state index contributed by atoms with van der Waals surface area (Å²) < 4.78 is 0. The van der Waals surface area contributed by atoms with Crippen LogP contribution in [0.3, 0.4) is 0 Å². The Labute approximate surface area is 158 Å². The van der Waals surface area contributed by atoms with Crippen LogP contribution in [-0.4, -0.2) is 47.0 Å². The van der Waals surface area contributed by atoms with Gasteiger partial charge in [0, 0.05) is 49.9 Å². The maximum absolute atomic E-state index is 12.0. The molecule has 1 aliphatic heterocycles. The minimum Gasteiger partial charge on any atom is -0.354 e. The third-order valence-corrected chi connectivity index (χ3v) is 5.18. The summed E-state index contributed by atoms with van der Waals surface area (Å²) in [5.74, 6) is 0.970. The van der Waals surface area contributed by atoms with Gasteiger partial charge in [-0.1, -0.05) is 19.1 Å². The fourth-order valence-electron chi connectivity index (χ4n) is 2.94. The molecule has 7 heteroatoms. The fraction of sp³-hybridized carbons (Fsp3) is 0.421. The Kier molecular flexibility index (Phi) is 6.35. The van der Waals surface area contributed by atoms with Crippen molar-refractivity contribution in [2.24, 2.45) is 0 Å². The molecule has 0 bridgehead atoms. The van der Waals surface area contributed by atoms with Crippen LogP contribution >= 0.6 is 11.3 Å². The number of anilines is 2. The summed E-state index contributed by atoms with van der Waals surface area (Å²) in [5.41, 5.74) is 1.74. The van der Waals surface area contributed by atoms with Crippen LogP contribution in [0.4, 0.5) is 10.9 Å². The quantitative estimate of drug-likeness (QED) is 0.791. The van der Waals surface area contributed by atoms with Crippen molar-refractivity contribution in [2.75, 3.05) is 36.4 Å². The molecular formula is C19H25N5OS. The number of hydrogen-bond acceptors (Lipinski definition) is 6. The van der Waals surface area contributed by atoms with Crippen LogP contribution in [0.1, 0.15) is 26.0 Å². The molecule has 0 spiro atoms. The van der Waals surface area contributed by atoms with Gasteiger partial charge < -0.3 is 4.90 Å². The lowest BCUT2D eigenvalue weighted by Crippen LogP contribution is -2.46. The summed E-state index contributed by atoms with van der Waals surface area (Å²) >= 11 is 1.48. The first-order valence-corrected chi connectivity index (χ1v) is 9.84. The third-order valence-electron chi connectivity index (χ3n) is 4.37. The normalized spacial score (nSPS) is 15.9. The molecule has 0 radical (unpaired) electrons. The zero-order valence-corrected chi connectivity index (χ0v) is 16.1. The lowest BCUT2D eigenvalue weighted by Gasteiger charge is -2.35. The van der Waals surface area contributed by atoms with Gasteiger partial charge in [-0.3, -0.25) is 15.0 Å². The first kappa shape index (κ1) is 18.5. The standard InChI is InChI=1S/C19H25N5OS/c1-3-6-15(2)18(25)22-19-21-16(14-26-19)13-23-9-11-24(12-10-23)17-7-4-5-8-20-17/h4-8,14H,3,9-13H2,1-2H3,(H,21,22,25)/b15-6-. The van der Waals surface area contributed by atoms with E-state index in [0.717, 1.165) is 56.2 Å². The number of thiazole rings is 1. The number of piperazine rings is 1. The van der Waals surface area contributed by atoms with Gasteiger partial charge in [0.15, 0.2) is 5.13 Å². The van der Waals surface area contributed by atoms with Crippen molar-refractivity contribution < 1.29 is 4.79 Å². The molecule has 1 aliphatic rings. The molecule has 138 valence electrons. The number of rotatable bonds is 6. The third kappa shape index (κ3) is 4.89. The Morgan fingerprint density at radius 2 is 2.12 bits per heavy atom. The van der Waals surface area contributed by atoms with E-state index in [0.29, 0.717) is 5.13 Å². The van der Waals surface area contributed by atoms with E-state index in [1.165, 1.54) is 11.3 Å². The van der Waals surface area contributed by atoms with Crippen molar-refractivity contribution >= 4 is 28.2 Å². The van der Waals surface area contributed by atoms with Crippen molar-refractivity contribution in [1.29, 1.82) is 0 Å². The molecule has 0 unspecified atom stereocenters. The minimum absolute atomic E-state index is 0.0725. The van der Waals surface area contributed by atoms with Gasteiger partial charge in [0.25, 0.3) is 5.91 Å². The molecule has 3 heterocycles. The monoisotopic (exact) mass is 371 g/mol. The summed E-state index contributed by atoms with van der Waals surface area (Å²) in [4.78, 5) is 25.7. The van der Waals surface area contributed by atoms with Crippen molar-refractivity contribution in [2.45, 2.75) is 26.8 Å².